The van der Waals surface area contributed by atoms with E-state index in [9.17, 15) is 4.79 Å². The highest BCUT2D eigenvalue weighted by Crippen LogP contribution is 2.41. The summed E-state index contributed by atoms with van der Waals surface area (Å²) >= 11 is 1.68. The van der Waals surface area contributed by atoms with Crippen LogP contribution in [0.25, 0.3) is 0 Å². The van der Waals surface area contributed by atoms with Crippen LogP contribution in [0.5, 0.6) is 0 Å². The number of amides is 1. The van der Waals surface area contributed by atoms with Crippen molar-refractivity contribution in [3.8, 4) is 0 Å². The third-order valence-electron chi connectivity index (χ3n) is 3.69. The van der Waals surface area contributed by atoms with Gasteiger partial charge in [0.05, 0.1) is 23.8 Å². The molecule has 0 atom stereocenters. The molecule has 1 saturated carbocycles. The molecule has 3 aromatic heterocycles. The van der Waals surface area contributed by atoms with Crippen LogP contribution in [0.3, 0.4) is 0 Å². The van der Waals surface area contributed by atoms with Crippen molar-refractivity contribution >= 4 is 17.2 Å². The zero-order valence-electron chi connectivity index (χ0n) is 12.4. The van der Waals surface area contributed by atoms with Gasteiger partial charge in [0.25, 0.3) is 5.91 Å². The fourth-order valence-electron chi connectivity index (χ4n) is 2.32. The number of furan rings is 1. The summed E-state index contributed by atoms with van der Waals surface area (Å²) < 4.78 is 7.32. The fraction of sp³-hybridized carbons (Fsp3) is 0.312. The van der Waals surface area contributed by atoms with Crippen LogP contribution in [0.1, 0.15) is 45.8 Å². The minimum Gasteiger partial charge on any atom is -0.454 e. The van der Waals surface area contributed by atoms with Crippen LogP contribution in [0.4, 0.5) is 0 Å². The molecule has 1 aliphatic rings. The molecular formula is C16H16N4O2S. The second-order valence-corrected chi connectivity index (χ2v) is 6.49. The normalized spacial score (nSPS) is 14.1. The molecule has 3 heterocycles. The number of thiazole rings is 1. The van der Waals surface area contributed by atoms with Gasteiger partial charge in [-0.05, 0) is 31.0 Å². The molecule has 1 N–H and O–H groups in total. The molecule has 4 rings (SSSR count). The first-order valence-electron chi connectivity index (χ1n) is 7.56. The van der Waals surface area contributed by atoms with Gasteiger partial charge in [-0.25, -0.2) is 4.98 Å². The Labute approximate surface area is 137 Å². The molecule has 1 fully saturated rings. The minimum absolute atomic E-state index is 0.224. The first-order chi connectivity index (χ1) is 11.3. The lowest BCUT2D eigenvalue weighted by Gasteiger charge is -2.01. The monoisotopic (exact) mass is 328 g/mol. The second-order valence-electron chi connectivity index (χ2n) is 5.60. The number of hydrogen-bond donors (Lipinski definition) is 1. The van der Waals surface area contributed by atoms with E-state index in [2.05, 4.69) is 15.4 Å². The summed E-state index contributed by atoms with van der Waals surface area (Å²) in [6.45, 7) is 0.939. The van der Waals surface area contributed by atoms with Gasteiger partial charge in [-0.2, -0.15) is 5.10 Å². The molecule has 23 heavy (non-hydrogen) atoms. The summed E-state index contributed by atoms with van der Waals surface area (Å²) in [5.41, 5.74) is 0.911. The molecule has 0 radical (unpaired) electrons. The highest BCUT2D eigenvalue weighted by atomic mass is 32.1. The summed E-state index contributed by atoms with van der Waals surface area (Å²) in [6, 6.07) is 5.33. The number of nitrogens with one attached hydrogen (secondary N) is 1. The van der Waals surface area contributed by atoms with Crippen molar-refractivity contribution in [3.05, 3.63) is 58.2 Å². The zero-order valence-corrected chi connectivity index (χ0v) is 13.3. The maximum atomic E-state index is 12.1. The molecule has 1 amide bonds. The summed E-state index contributed by atoms with van der Waals surface area (Å²) in [5, 5.41) is 10.2. The van der Waals surface area contributed by atoms with E-state index in [1.54, 1.807) is 34.3 Å². The zero-order chi connectivity index (χ0) is 15.6. The van der Waals surface area contributed by atoms with E-state index in [-0.39, 0.29) is 5.91 Å². The molecule has 0 aromatic carbocycles. The van der Waals surface area contributed by atoms with E-state index in [0.29, 0.717) is 30.5 Å². The molecule has 0 unspecified atom stereocenters. The van der Waals surface area contributed by atoms with E-state index in [1.807, 2.05) is 17.6 Å². The van der Waals surface area contributed by atoms with Crippen LogP contribution in [0, 0.1) is 0 Å². The number of nitrogens with zero attached hydrogens (tertiary/aromatic N) is 3. The molecule has 0 spiro atoms. The average Bonchev–Trinajstić information content (AvgIpc) is 2.99. The Kier molecular flexibility index (Phi) is 3.70. The van der Waals surface area contributed by atoms with Crippen LogP contribution in [0.15, 0.2) is 40.4 Å². The Morgan fingerprint density at radius 1 is 1.43 bits per heavy atom. The average molecular weight is 328 g/mol. The Morgan fingerprint density at radius 3 is 3.13 bits per heavy atom. The first-order valence-corrected chi connectivity index (χ1v) is 8.44. The van der Waals surface area contributed by atoms with Crippen LogP contribution in [-0.4, -0.2) is 20.7 Å². The predicted molar refractivity (Wildman–Crippen MR) is 85.3 cm³/mol. The maximum Gasteiger partial charge on any atom is 0.287 e. The molecule has 6 nitrogen and oxygen atoms in total. The van der Waals surface area contributed by atoms with E-state index < -0.39 is 0 Å². The van der Waals surface area contributed by atoms with Gasteiger partial charge in [0, 0.05) is 23.7 Å². The Bertz CT molecular complexity index is 802. The summed E-state index contributed by atoms with van der Waals surface area (Å²) in [6.07, 6.45) is 6.04. The largest absolute Gasteiger partial charge is 0.454 e. The quantitative estimate of drug-likeness (QED) is 0.755. The molecule has 0 aliphatic heterocycles. The highest BCUT2D eigenvalue weighted by Gasteiger charge is 2.26. The molecule has 7 heteroatoms. The second kappa shape index (κ2) is 6.00. The minimum atomic E-state index is -0.224. The first kappa shape index (κ1) is 14.2. The Balaban J connectivity index is 1.34. The Hall–Kier alpha value is -2.41. The van der Waals surface area contributed by atoms with Crippen molar-refractivity contribution < 1.29 is 9.21 Å². The number of aromatic nitrogens is 3. The Morgan fingerprint density at radius 2 is 2.35 bits per heavy atom. The van der Waals surface area contributed by atoms with E-state index in [1.165, 1.54) is 17.8 Å². The van der Waals surface area contributed by atoms with Gasteiger partial charge >= 0.3 is 0 Å². The SMILES string of the molecule is O=C(NCc1csc(C2CC2)n1)c1ccc(Cn2cccn2)o1. The van der Waals surface area contributed by atoms with Gasteiger partial charge in [-0.1, -0.05) is 0 Å². The van der Waals surface area contributed by atoms with Crippen molar-refractivity contribution in [3.63, 3.8) is 0 Å². The van der Waals surface area contributed by atoms with Gasteiger partial charge < -0.3 is 9.73 Å². The van der Waals surface area contributed by atoms with E-state index in [4.69, 9.17) is 4.42 Å². The summed E-state index contributed by atoms with van der Waals surface area (Å²) in [4.78, 5) is 16.7. The van der Waals surface area contributed by atoms with Crippen LogP contribution >= 0.6 is 11.3 Å². The maximum absolute atomic E-state index is 12.1. The lowest BCUT2D eigenvalue weighted by atomic mass is 10.4. The predicted octanol–water partition coefficient (Wildman–Crippen LogP) is 2.79. The molecule has 1 aliphatic carbocycles. The number of carbonyl (C=O) groups excluding carboxylic acids is 1. The third kappa shape index (κ3) is 3.34. The van der Waals surface area contributed by atoms with Gasteiger partial charge in [0.2, 0.25) is 0 Å². The van der Waals surface area contributed by atoms with Crippen LogP contribution in [0.2, 0.25) is 0 Å². The summed E-state index contributed by atoms with van der Waals surface area (Å²) in [5.74, 6) is 1.44. The highest BCUT2D eigenvalue weighted by molar-refractivity contribution is 7.09. The number of carbonyl (C=O) groups is 1. The van der Waals surface area contributed by atoms with E-state index in [0.717, 1.165) is 5.69 Å². The molecule has 118 valence electrons. The third-order valence-corrected chi connectivity index (χ3v) is 4.74. The number of rotatable bonds is 6. The topological polar surface area (TPSA) is 73.0 Å². The van der Waals surface area contributed by atoms with Crippen molar-refractivity contribution in [2.24, 2.45) is 0 Å². The lowest BCUT2D eigenvalue weighted by Crippen LogP contribution is -2.22. The molecule has 0 saturated heterocycles. The van der Waals surface area contributed by atoms with Crippen molar-refractivity contribution in [1.29, 1.82) is 0 Å². The van der Waals surface area contributed by atoms with Gasteiger partial charge in [-0.15, -0.1) is 11.3 Å². The lowest BCUT2D eigenvalue weighted by molar-refractivity contribution is 0.0920. The van der Waals surface area contributed by atoms with Crippen LogP contribution in [-0.2, 0) is 13.1 Å². The standard InChI is InChI=1S/C16H16N4O2S/c21-15(17-8-12-10-23-16(19-12)11-2-3-11)14-5-4-13(22-14)9-20-7-1-6-18-20/h1,4-7,10-11H,2-3,8-9H2,(H,17,21). The summed E-state index contributed by atoms with van der Waals surface area (Å²) in [7, 11) is 0. The van der Waals surface area contributed by atoms with Crippen molar-refractivity contribution in [2.45, 2.75) is 31.8 Å². The molecule has 0 bridgehead atoms. The molecular weight excluding hydrogens is 312 g/mol. The van der Waals surface area contributed by atoms with Gasteiger partial charge in [0.15, 0.2) is 5.76 Å². The van der Waals surface area contributed by atoms with Gasteiger partial charge in [0.1, 0.15) is 5.76 Å². The van der Waals surface area contributed by atoms with E-state index >= 15 is 0 Å². The van der Waals surface area contributed by atoms with Crippen molar-refractivity contribution in [2.75, 3.05) is 0 Å². The number of hydrogen-bond acceptors (Lipinski definition) is 5. The van der Waals surface area contributed by atoms with Gasteiger partial charge in [-0.3, -0.25) is 9.48 Å². The smallest absolute Gasteiger partial charge is 0.287 e. The molecule has 3 aromatic rings. The fourth-order valence-corrected chi connectivity index (χ4v) is 3.31. The van der Waals surface area contributed by atoms with Crippen LogP contribution < -0.4 is 5.32 Å². The van der Waals surface area contributed by atoms with Crippen molar-refractivity contribution in [1.82, 2.24) is 20.1 Å².